The standard InChI is InChI=1S/C9H9F3N2O/c10-9(11,12)7-2-1-6(3-14-7)8(15)4-13-5-8/h1-3,13,15H,4-5H2. The lowest BCUT2D eigenvalue weighted by Gasteiger charge is -2.37. The van der Waals surface area contributed by atoms with Gasteiger partial charge >= 0.3 is 6.18 Å². The quantitative estimate of drug-likeness (QED) is 0.735. The summed E-state index contributed by atoms with van der Waals surface area (Å²) in [4.78, 5) is 3.29. The van der Waals surface area contributed by atoms with Crippen molar-refractivity contribution in [2.24, 2.45) is 0 Å². The molecule has 3 nitrogen and oxygen atoms in total. The van der Waals surface area contributed by atoms with E-state index in [0.29, 0.717) is 18.7 Å². The topological polar surface area (TPSA) is 45.2 Å². The van der Waals surface area contributed by atoms with Gasteiger partial charge < -0.3 is 10.4 Å². The molecule has 1 aromatic rings. The maximum atomic E-state index is 12.2. The van der Waals surface area contributed by atoms with Crippen molar-refractivity contribution in [3.8, 4) is 0 Å². The van der Waals surface area contributed by atoms with E-state index in [0.717, 1.165) is 12.3 Å². The molecule has 1 fully saturated rings. The minimum atomic E-state index is -4.43. The fourth-order valence-electron chi connectivity index (χ4n) is 1.40. The lowest BCUT2D eigenvalue weighted by Crippen LogP contribution is -2.56. The van der Waals surface area contributed by atoms with Crippen LogP contribution in [0.25, 0.3) is 0 Å². The molecule has 0 aliphatic carbocycles. The number of hydrogen-bond acceptors (Lipinski definition) is 3. The molecular formula is C9H9F3N2O. The average Bonchev–Trinajstić information content (AvgIpc) is 2.13. The van der Waals surface area contributed by atoms with Gasteiger partial charge in [0.1, 0.15) is 11.3 Å². The van der Waals surface area contributed by atoms with Crippen LogP contribution in [0.3, 0.4) is 0 Å². The minimum Gasteiger partial charge on any atom is -0.382 e. The Bertz CT molecular complexity index is 357. The Hall–Kier alpha value is -1.14. The van der Waals surface area contributed by atoms with E-state index in [1.807, 2.05) is 0 Å². The van der Waals surface area contributed by atoms with Crippen molar-refractivity contribution in [3.05, 3.63) is 29.6 Å². The maximum absolute atomic E-state index is 12.2. The number of nitrogens with one attached hydrogen (secondary N) is 1. The highest BCUT2D eigenvalue weighted by Crippen LogP contribution is 2.30. The molecule has 2 rings (SSSR count). The molecule has 2 N–H and O–H groups in total. The molecule has 15 heavy (non-hydrogen) atoms. The molecule has 0 atom stereocenters. The van der Waals surface area contributed by atoms with Gasteiger partial charge in [0.15, 0.2) is 0 Å². The Morgan fingerprint density at radius 2 is 2.00 bits per heavy atom. The van der Waals surface area contributed by atoms with Gasteiger partial charge in [-0.1, -0.05) is 6.07 Å². The number of alkyl halides is 3. The Morgan fingerprint density at radius 1 is 1.33 bits per heavy atom. The molecule has 1 aliphatic rings. The molecule has 1 saturated heterocycles. The molecule has 0 saturated carbocycles. The number of nitrogens with zero attached hydrogens (tertiary/aromatic N) is 1. The minimum absolute atomic E-state index is 0.347. The average molecular weight is 218 g/mol. The third kappa shape index (κ3) is 1.82. The Kier molecular flexibility index (Phi) is 2.20. The monoisotopic (exact) mass is 218 g/mol. The lowest BCUT2D eigenvalue weighted by molar-refractivity contribution is -0.141. The van der Waals surface area contributed by atoms with Crippen LogP contribution in [0.15, 0.2) is 18.3 Å². The van der Waals surface area contributed by atoms with E-state index < -0.39 is 17.5 Å². The van der Waals surface area contributed by atoms with E-state index >= 15 is 0 Å². The van der Waals surface area contributed by atoms with Crippen LogP contribution < -0.4 is 5.32 Å². The molecule has 0 spiro atoms. The number of rotatable bonds is 1. The Morgan fingerprint density at radius 3 is 2.33 bits per heavy atom. The van der Waals surface area contributed by atoms with Crippen molar-refractivity contribution in [2.45, 2.75) is 11.8 Å². The van der Waals surface area contributed by atoms with Gasteiger partial charge in [0.2, 0.25) is 0 Å². The fraction of sp³-hybridized carbons (Fsp3) is 0.444. The summed E-state index contributed by atoms with van der Waals surface area (Å²) < 4.78 is 36.5. The molecule has 6 heteroatoms. The molecule has 1 aromatic heterocycles. The SMILES string of the molecule is OC1(c2ccc(C(F)(F)F)nc2)CNC1. The zero-order valence-electron chi connectivity index (χ0n) is 7.67. The van der Waals surface area contributed by atoms with E-state index in [1.165, 1.54) is 6.07 Å². The third-order valence-corrected chi connectivity index (χ3v) is 2.43. The van der Waals surface area contributed by atoms with Crippen LogP contribution in [-0.2, 0) is 11.8 Å². The van der Waals surface area contributed by atoms with Gasteiger partial charge in [0.05, 0.1) is 0 Å². The van der Waals surface area contributed by atoms with Gasteiger partial charge in [-0.25, -0.2) is 0 Å². The second kappa shape index (κ2) is 3.18. The highest BCUT2D eigenvalue weighted by atomic mass is 19.4. The summed E-state index contributed by atoms with van der Waals surface area (Å²) in [7, 11) is 0. The van der Waals surface area contributed by atoms with Crippen LogP contribution in [-0.4, -0.2) is 23.2 Å². The van der Waals surface area contributed by atoms with Gasteiger partial charge in [0, 0.05) is 24.8 Å². The number of β-amino-alcohol motifs (C(OH)–C–C–N with tert-alkyl or cyclic N) is 1. The Labute approximate surface area is 83.9 Å². The summed E-state index contributed by atoms with van der Waals surface area (Å²) >= 11 is 0. The van der Waals surface area contributed by atoms with Gasteiger partial charge in [-0.15, -0.1) is 0 Å². The van der Waals surface area contributed by atoms with Crippen molar-refractivity contribution in [3.63, 3.8) is 0 Å². The zero-order valence-corrected chi connectivity index (χ0v) is 7.67. The molecule has 82 valence electrons. The van der Waals surface area contributed by atoms with Crippen molar-refractivity contribution in [2.75, 3.05) is 13.1 Å². The van der Waals surface area contributed by atoms with E-state index in [4.69, 9.17) is 0 Å². The van der Waals surface area contributed by atoms with E-state index in [-0.39, 0.29) is 0 Å². The molecule has 1 aliphatic heterocycles. The number of halogens is 3. The van der Waals surface area contributed by atoms with E-state index in [1.54, 1.807) is 0 Å². The first-order valence-corrected chi connectivity index (χ1v) is 4.39. The van der Waals surface area contributed by atoms with Crippen LogP contribution >= 0.6 is 0 Å². The summed E-state index contributed by atoms with van der Waals surface area (Å²) in [6.45, 7) is 0.695. The first kappa shape index (κ1) is 10.4. The molecule has 0 amide bonds. The van der Waals surface area contributed by atoms with E-state index in [2.05, 4.69) is 10.3 Å². The molecule has 0 bridgehead atoms. The smallest absolute Gasteiger partial charge is 0.382 e. The molecule has 2 heterocycles. The predicted molar refractivity (Wildman–Crippen MR) is 46.0 cm³/mol. The number of aliphatic hydroxyl groups is 1. The second-order valence-corrected chi connectivity index (χ2v) is 3.57. The molecule has 0 radical (unpaired) electrons. The highest BCUT2D eigenvalue weighted by molar-refractivity contribution is 5.25. The van der Waals surface area contributed by atoms with Crippen molar-refractivity contribution < 1.29 is 18.3 Å². The predicted octanol–water partition coefficient (Wildman–Crippen LogP) is 0.891. The van der Waals surface area contributed by atoms with Gasteiger partial charge in [-0.05, 0) is 6.07 Å². The lowest BCUT2D eigenvalue weighted by atomic mass is 9.89. The fourth-order valence-corrected chi connectivity index (χ4v) is 1.40. The zero-order chi connectivity index (χ0) is 11.1. The molecule has 0 unspecified atom stereocenters. The summed E-state index contributed by atoms with van der Waals surface area (Å²) in [6.07, 6.45) is -3.36. The largest absolute Gasteiger partial charge is 0.433 e. The van der Waals surface area contributed by atoms with Crippen molar-refractivity contribution in [1.82, 2.24) is 10.3 Å². The van der Waals surface area contributed by atoms with Crippen LogP contribution in [0.5, 0.6) is 0 Å². The summed E-state index contributed by atoms with van der Waals surface area (Å²) in [5.74, 6) is 0. The van der Waals surface area contributed by atoms with Gasteiger partial charge in [-0.2, -0.15) is 13.2 Å². The van der Waals surface area contributed by atoms with Crippen LogP contribution in [0.2, 0.25) is 0 Å². The normalized spacial score (nSPS) is 19.7. The molecule has 0 aromatic carbocycles. The van der Waals surface area contributed by atoms with Crippen molar-refractivity contribution in [1.29, 1.82) is 0 Å². The summed E-state index contributed by atoms with van der Waals surface area (Å²) in [6, 6.07) is 2.14. The number of aromatic nitrogens is 1. The highest BCUT2D eigenvalue weighted by Gasteiger charge is 2.38. The van der Waals surface area contributed by atoms with Gasteiger partial charge in [-0.3, -0.25) is 4.98 Å². The first-order chi connectivity index (χ1) is 6.92. The molecular weight excluding hydrogens is 209 g/mol. The maximum Gasteiger partial charge on any atom is 0.433 e. The number of pyridine rings is 1. The van der Waals surface area contributed by atoms with E-state index in [9.17, 15) is 18.3 Å². The summed E-state index contributed by atoms with van der Waals surface area (Å²) in [5, 5.41) is 12.6. The second-order valence-electron chi connectivity index (χ2n) is 3.57. The third-order valence-electron chi connectivity index (χ3n) is 2.43. The van der Waals surface area contributed by atoms with Gasteiger partial charge in [0.25, 0.3) is 0 Å². The van der Waals surface area contributed by atoms with Crippen molar-refractivity contribution >= 4 is 0 Å². The number of hydrogen-bond donors (Lipinski definition) is 2. The summed E-state index contributed by atoms with van der Waals surface area (Å²) in [5.41, 5.74) is -1.59. The Balaban J connectivity index is 2.24. The van der Waals surface area contributed by atoms with Crippen LogP contribution in [0, 0.1) is 0 Å². The van der Waals surface area contributed by atoms with Crippen LogP contribution in [0.1, 0.15) is 11.3 Å². The first-order valence-electron chi connectivity index (χ1n) is 4.39. The van der Waals surface area contributed by atoms with Crippen LogP contribution in [0.4, 0.5) is 13.2 Å².